The maximum atomic E-state index is 14.2. The monoisotopic (exact) mass is 438 g/mol. The second-order valence-electron chi connectivity index (χ2n) is 6.50. The van der Waals surface area contributed by atoms with E-state index in [1.807, 2.05) is 0 Å². The van der Waals surface area contributed by atoms with E-state index in [9.17, 15) is 31.5 Å². The van der Waals surface area contributed by atoms with Gasteiger partial charge in [-0.3, -0.25) is 9.59 Å². The topological polar surface area (TPSA) is 76.0 Å². The van der Waals surface area contributed by atoms with Crippen LogP contribution in [0.2, 0.25) is 0 Å². The zero-order chi connectivity index (χ0) is 22.8. The van der Waals surface area contributed by atoms with Crippen molar-refractivity contribution in [1.82, 2.24) is 15.1 Å². The molecule has 31 heavy (non-hydrogen) atoms. The predicted molar refractivity (Wildman–Crippen MR) is 101 cm³/mol. The Morgan fingerprint density at radius 3 is 2.35 bits per heavy atom. The summed E-state index contributed by atoms with van der Waals surface area (Å²) in [6.45, 7) is -0.247. The fraction of sp³-hybridized carbons (Fsp3) is 0.150. The minimum Gasteiger partial charge on any atom is -0.343 e. The van der Waals surface area contributed by atoms with Gasteiger partial charge in [0.25, 0.3) is 11.8 Å². The number of nitrogens with one attached hydrogen (secondary N) is 2. The second-order valence-corrected chi connectivity index (χ2v) is 6.50. The third-order valence-electron chi connectivity index (χ3n) is 4.22. The molecule has 1 heterocycles. The summed E-state index contributed by atoms with van der Waals surface area (Å²) in [4.78, 5) is 24.4. The van der Waals surface area contributed by atoms with Crippen LogP contribution in [-0.2, 0) is 0 Å². The molecule has 0 aliphatic heterocycles. The first-order valence-corrected chi connectivity index (χ1v) is 8.81. The minimum absolute atomic E-state index is 0.0151. The van der Waals surface area contributed by atoms with E-state index in [-0.39, 0.29) is 22.5 Å². The molecule has 1 aromatic heterocycles. The van der Waals surface area contributed by atoms with Crippen LogP contribution < -0.4 is 10.6 Å². The summed E-state index contributed by atoms with van der Waals surface area (Å²) in [5.74, 6) is -3.21. The molecular weight excluding hydrogens is 423 g/mol. The Kier molecular flexibility index (Phi) is 6.04. The summed E-state index contributed by atoms with van der Waals surface area (Å²) in [6.07, 6.45) is -3.17. The van der Waals surface area contributed by atoms with Crippen molar-refractivity contribution < 1.29 is 31.5 Å². The number of benzene rings is 2. The average Bonchev–Trinajstić information content (AvgIpc) is 3.19. The number of anilines is 1. The molecule has 0 aliphatic rings. The van der Waals surface area contributed by atoms with Gasteiger partial charge in [-0.25, -0.2) is 13.5 Å². The molecule has 11 heteroatoms. The highest BCUT2D eigenvalue weighted by atomic mass is 19.4. The highest BCUT2D eigenvalue weighted by Gasteiger charge is 2.28. The number of carbonyl (C=O) groups excluding carboxylic acids is 2. The lowest BCUT2D eigenvalue weighted by molar-refractivity contribution is -0.123. The zero-order valence-corrected chi connectivity index (χ0v) is 15.9. The van der Waals surface area contributed by atoms with Crippen molar-refractivity contribution in [3.63, 3.8) is 0 Å². The highest BCUT2D eigenvalue weighted by Crippen LogP contribution is 2.22. The lowest BCUT2D eigenvalue weighted by Crippen LogP contribution is -2.33. The van der Waals surface area contributed by atoms with E-state index < -0.39 is 36.2 Å². The first-order valence-electron chi connectivity index (χ1n) is 8.81. The predicted octanol–water partition coefficient (Wildman–Crippen LogP) is 4.00. The average molecular weight is 438 g/mol. The number of carbonyl (C=O) groups is 2. The first kappa shape index (κ1) is 21.9. The molecule has 162 valence electrons. The van der Waals surface area contributed by atoms with Gasteiger partial charge in [0.05, 0.1) is 5.69 Å². The Balaban J connectivity index is 1.79. The van der Waals surface area contributed by atoms with Crippen LogP contribution in [0.5, 0.6) is 0 Å². The number of aromatic nitrogens is 2. The van der Waals surface area contributed by atoms with Crippen molar-refractivity contribution in [2.24, 2.45) is 0 Å². The maximum absolute atomic E-state index is 14.2. The van der Waals surface area contributed by atoms with Crippen molar-refractivity contribution in [2.45, 2.75) is 13.1 Å². The molecule has 2 aromatic carbocycles. The number of hydrogen-bond acceptors (Lipinski definition) is 3. The smallest absolute Gasteiger partial charge is 0.343 e. The number of alkyl halides is 3. The van der Waals surface area contributed by atoms with Crippen LogP contribution in [0.1, 0.15) is 26.4 Å². The summed E-state index contributed by atoms with van der Waals surface area (Å²) in [6, 6.07) is 8.55. The molecule has 0 spiro atoms. The molecule has 0 saturated carbocycles. The van der Waals surface area contributed by atoms with Gasteiger partial charge < -0.3 is 10.6 Å². The summed E-state index contributed by atoms with van der Waals surface area (Å²) in [5, 5.41) is 8.09. The summed E-state index contributed by atoms with van der Waals surface area (Å²) < 4.78 is 65.4. The van der Waals surface area contributed by atoms with Crippen molar-refractivity contribution in [2.75, 3.05) is 11.9 Å². The largest absolute Gasteiger partial charge is 0.405 e. The van der Waals surface area contributed by atoms with Crippen molar-refractivity contribution >= 4 is 17.5 Å². The Morgan fingerprint density at radius 2 is 1.71 bits per heavy atom. The van der Waals surface area contributed by atoms with Crippen LogP contribution in [0, 0.1) is 18.6 Å². The van der Waals surface area contributed by atoms with E-state index >= 15 is 0 Å². The summed E-state index contributed by atoms with van der Waals surface area (Å²) in [7, 11) is 0. The second kappa shape index (κ2) is 8.54. The molecule has 0 fully saturated rings. The molecule has 0 bridgehead atoms. The van der Waals surface area contributed by atoms with Gasteiger partial charge in [-0.05, 0) is 49.4 Å². The van der Waals surface area contributed by atoms with Crippen LogP contribution >= 0.6 is 0 Å². The number of halogens is 5. The molecule has 0 atom stereocenters. The SMILES string of the molecule is Cc1c(F)cc(C(=O)NCC(F)(F)F)cc1NC(=O)c1ccn(-c2ccc(F)cc2)n1. The molecular formula is C20H15F5N4O2. The number of nitrogens with zero attached hydrogens (tertiary/aromatic N) is 2. The first-order chi connectivity index (χ1) is 14.5. The molecule has 2 amide bonds. The van der Waals surface area contributed by atoms with Gasteiger partial charge in [-0.1, -0.05) is 0 Å². The van der Waals surface area contributed by atoms with Gasteiger partial charge in [0.2, 0.25) is 0 Å². The van der Waals surface area contributed by atoms with Crippen LogP contribution in [-0.4, -0.2) is 34.3 Å². The van der Waals surface area contributed by atoms with Crippen LogP contribution in [0.25, 0.3) is 5.69 Å². The molecule has 3 rings (SSSR count). The Labute approximate surface area is 172 Å². The third-order valence-corrected chi connectivity index (χ3v) is 4.22. The zero-order valence-electron chi connectivity index (χ0n) is 15.9. The highest BCUT2D eigenvalue weighted by molar-refractivity contribution is 6.04. The van der Waals surface area contributed by atoms with E-state index in [2.05, 4.69) is 10.4 Å². The maximum Gasteiger partial charge on any atom is 0.405 e. The molecule has 0 unspecified atom stereocenters. The fourth-order valence-electron chi connectivity index (χ4n) is 2.59. The quantitative estimate of drug-likeness (QED) is 0.592. The number of amides is 2. The van der Waals surface area contributed by atoms with E-state index in [0.717, 1.165) is 12.1 Å². The van der Waals surface area contributed by atoms with Gasteiger partial charge in [-0.15, -0.1) is 0 Å². The van der Waals surface area contributed by atoms with E-state index in [1.54, 1.807) is 5.32 Å². The Bertz CT molecular complexity index is 1120. The van der Waals surface area contributed by atoms with Crippen molar-refractivity contribution in [1.29, 1.82) is 0 Å². The molecule has 6 nitrogen and oxygen atoms in total. The van der Waals surface area contributed by atoms with Gasteiger partial charge in [0.1, 0.15) is 18.2 Å². The Hall–Kier alpha value is -3.76. The molecule has 2 N–H and O–H groups in total. The lowest BCUT2D eigenvalue weighted by Gasteiger charge is -2.12. The van der Waals surface area contributed by atoms with Crippen LogP contribution in [0.4, 0.5) is 27.6 Å². The van der Waals surface area contributed by atoms with E-state index in [1.165, 1.54) is 48.1 Å². The number of rotatable bonds is 5. The van der Waals surface area contributed by atoms with Gasteiger partial charge in [-0.2, -0.15) is 18.3 Å². The van der Waals surface area contributed by atoms with Crippen molar-refractivity contribution in [3.8, 4) is 5.69 Å². The summed E-state index contributed by atoms with van der Waals surface area (Å²) in [5.41, 5.74) is -0.0706. The van der Waals surface area contributed by atoms with Gasteiger partial charge in [0, 0.05) is 23.0 Å². The lowest BCUT2D eigenvalue weighted by atomic mass is 10.1. The van der Waals surface area contributed by atoms with Crippen LogP contribution in [0.15, 0.2) is 48.7 Å². The minimum atomic E-state index is -4.63. The van der Waals surface area contributed by atoms with Crippen LogP contribution in [0.3, 0.4) is 0 Å². The fourth-order valence-corrected chi connectivity index (χ4v) is 2.59. The molecule has 0 aliphatic carbocycles. The molecule has 3 aromatic rings. The molecule has 0 radical (unpaired) electrons. The van der Waals surface area contributed by atoms with E-state index in [4.69, 9.17) is 0 Å². The third kappa shape index (κ3) is 5.44. The Morgan fingerprint density at radius 1 is 1.03 bits per heavy atom. The standard InChI is InChI=1S/C20H15F5N4O2/c1-11-15(22)8-12(18(30)26-10-20(23,24)25)9-17(11)27-19(31)16-6-7-29(28-16)14-4-2-13(21)3-5-14/h2-9H,10H2,1H3,(H,26,30)(H,27,31). The number of hydrogen-bond donors (Lipinski definition) is 2. The summed E-state index contributed by atoms with van der Waals surface area (Å²) >= 11 is 0. The van der Waals surface area contributed by atoms with Crippen molar-refractivity contribution in [3.05, 3.63) is 77.1 Å². The normalized spacial score (nSPS) is 11.3. The van der Waals surface area contributed by atoms with Gasteiger partial charge >= 0.3 is 6.18 Å². The van der Waals surface area contributed by atoms with E-state index in [0.29, 0.717) is 5.69 Å². The molecule has 0 saturated heterocycles. The van der Waals surface area contributed by atoms with Gasteiger partial charge in [0.15, 0.2) is 5.69 Å².